The van der Waals surface area contributed by atoms with Crippen LogP contribution in [0.5, 0.6) is 0 Å². The Morgan fingerprint density at radius 2 is 2.32 bits per heavy atom. The van der Waals surface area contributed by atoms with Crippen molar-refractivity contribution in [3.8, 4) is 0 Å². The molecule has 0 bridgehead atoms. The van der Waals surface area contributed by atoms with Gasteiger partial charge in [0.2, 0.25) is 0 Å². The fourth-order valence-electron chi connectivity index (χ4n) is 2.19. The molecule has 6 heteroatoms. The minimum Gasteiger partial charge on any atom is -0.311 e. The lowest BCUT2D eigenvalue weighted by Gasteiger charge is -2.04. The summed E-state index contributed by atoms with van der Waals surface area (Å²) in [4.78, 5) is 5.61. The van der Waals surface area contributed by atoms with Crippen molar-refractivity contribution in [2.45, 2.75) is 19.9 Å². The van der Waals surface area contributed by atoms with Crippen LogP contribution in [-0.4, -0.2) is 25.7 Å². The number of hydrogen-bond acceptors (Lipinski definition) is 4. The first kappa shape index (κ1) is 12.4. The number of aryl methyl sites for hydroxylation is 2. The summed E-state index contributed by atoms with van der Waals surface area (Å²) >= 11 is 1.67. The van der Waals surface area contributed by atoms with E-state index < -0.39 is 0 Å². The van der Waals surface area contributed by atoms with E-state index in [9.17, 15) is 0 Å². The van der Waals surface area contributed by atoms with E-state index in [1.807, 2.05) is 17.9 Å². The average Bonchev–Trinajstić information content (AvgIpc) is 3.03. The predicted octanol–water partition coefficient (Wildman–Crippen LogP) is 1.77. The zero-order chi connectivity index (χ0) is 13.2. The molecule has 0 atom stereocenters. The van der Waals surface area contributed by atoms with Crippen LogP contribution in [0.1, 0.15) is 17.0 Å². The van der Waals surface area contributed by atoms with Gasteiger partial charge in [-0.2, -0.15) is 5.10 Å². The van der Waals surface area contributed by atoms with Crippen molar-refractivity contribution in [2.24, 2.45) is 7.05 Å². The molecule has 0 aliphatic rings. The molecule has 3 aromatic rings. The van der Waals surface area contributed by atoms with E-state index in [2.05, 4.69) is 44.5 Å². The van der Waals surface area contributed by atoms with Crippen molar-refractivity contribution in [2.75, 3.05) is 6.54 Å². The molecular weight excluding hydrogens is 258 g/mol. The zero-order valence-corrected chi connectivity index (χ0v) is 11.9. The molecule has 19 heavy (non-hydrogen) atoms. The molecule has 0 aliphatic heterocycles. The van der Waals surface area contributed by atoms with E-state index in [0.29, 0.717) is 0 Å². The molecule has 0 saturated carbocycles. The Bertz CT molecular complexity index is 678. The van der Waals surface area contributed by atoms with E-state index in [0.717, 1.165) is 30.2 Å². The predicted molar refractivity (Wildman–Crippen MR) is 76.4 cm³/mol. The smallest absolute Gasteiger partial charge is 0.194 e. The van der Waals surface area contributed by atoms with E-state index in [1.165, 1.54) is 11.3 Å². The number of nitrogens with zero attached hydrogens (tertiary/aromatic N) is 4. The lowest BCUT2D eigenvalue weighted by molar-refractivity contribution is 0.668. The monoisotopic (exact) mass is 275 g/mol. The number of aromatic nitrogens is 4. The highest BCUT2D eigenvalue weighted by Gasteiger charge is 2.08. The summed E-state index contributed by atoms with van der Waals surface area (Å²) < 4.78 is 4.00. The van der Waals surface area contributed by atoms with Crippen LogP contribution in [0.3, 0.4) is 0 Å². The largest absolute Gasteiger partial charge is 0.311 e. The van der Waals surface area contributed by atoms with Gasteiger partial charge in [-0.3, -0.25) is 9.08 Å². The summed E-state index contributed by atoms with van der Waals surface area (Å²) in [5.74, 6) is 0. The van der Waals surface area contributed by atoms with Crippen LogP contribution in [0.2, 0.25) is 0 Å². The molecule has 3 rings (SSSR count). The molecule has 0 spiro atoms. The molecule has 0 fully saturated rings. The highest BCUT2D eigenvalue weighted by Crippen LogP contribution is 2.16. The van der Waals surface area contributed by atoms with Gasteiger partial charge >= 0.3 is 0 Å². The third-order valence-electron chi connectivity index (χ3n) is 3.20. The van der Waals surface area contributed by atoms with Gasteiger partial charge in [-0.1, -0.05) is 0 Å². The van der Waals surface area contributed by atoms with Crippen LogP contribution in [0.15, 0.2) is 24.0 Å². The molecule has 1 N–H and O–H groups in total. The summed E-state index contributed by atoms with van der Waals surface area (Å²) in [6.45, 7) is 3.87. The van der Waals surface area contributed by atoms with Gasteiger partial charge in [0.1, 0.15) is 0 Å². The van der Waals surface area contributed by atoms with Crippen LogP contribution in [0.25, 0.3) is 4.96 Å². The van der Waals surface area contributed by atoms with E-state index in [1.54, 1.807) is 11.3 Å². The fraction of sp³-hybridized carbons (Fsp3) is 0.385. The lowest BCUT2D eigenvalue weighted by atomic mass is 10.2. The molecular formula is C13H17N5S. The van der Waals surface area contributed by atoms with Gasteiger partial charge in [0, 0.05) is 31.4 Å². The Morgan fingerprint density at radius 3 is 3.11 bits per heavy atom. The number of rotatable bonds is 5. The van der Waals surface area contributed by atoms with Crippen LogP contribution in [0, 0.1) is 6.92 Å². The molecule has 0 aromatic carbocycles. The van der Waals surface area contributed by atoms with Gasteiger partial charge in [0.05, 0.1) is 17.6 Å². The van der Waals surface area contributed by atoms with Gasteiger partial charge in [0.25, 0.3) is 0 Å². The first-order valence-electron chi connectivity index (χ1n) is 6.33. The second-order valence-corrected chi connectivity index (χ2v) is 5.52. The van der Waals surface area contributed by atoms with Crippen molar-refractivity contribution >= 4 is 16.3 Å². The fourth-order valence-corrected chi connectivity index (χ4v) is 2.97. The van der Waals surface area contributed by atoms with Crippen molar-refractivity contribution < 1.29 is 0 Å². The van der Waals surface area contributed by atoms with E-state index in [4.69, 9.17) is 0 Å². The molecule has 0 amide bonds. The highest BCUT2D eigenvalue weighted by molar-refractivity contribution is 7.15. The first-order valence-corrected chi connectivity index (χ1v) is 7.21. The zero-order valence-electron chi connectivity index (χ0n) is 11.1. The second kappa shape index (κ2) is 5.14. The number of nitrogens with one attached hydrogen (secondary N) is 1. The summed E-state index contributed by atoms with van der Waals surface area (Å²) in [7, 11) is 1.94. The van der Waals surface area contributed by atoms with Crippen LogP contribution in [-0.2, 0) is 20.0 Å². The molecule has 3 heterocycles. The summed E-state index contributed by atoms with van der Waals surface area (Å²) in [5.41, 5.74) is 3.63. The maximum atomic E-state index is 4.54. The van der Waals surface area contributed by atoms with Gasteiger partial charge in [-0.05, 0) is 25.5 Å². The summed E-state index contributed by atoms with van der Waals surface area (Å²) in [5, 5.41) is 9.71. The van der Waals surface area contributed by atoms with Gasteiger partial charge < -0.3 is 5.32 Å². The molecule has 5 nitrogen and oxygen atoms in total. The maximum Gasteiger partial charge on any atom is 0.194 e. The van der Waals surface area contributed by atoms with Crippen molar-refractivity contribution in [3.63, 3.8) is 0 Å². The van der Waals surface area contributed by atoms with Crippen LogP contribution >= 0.6 is 11.3 Å². The highest BCUT2D eigenvalue weighted by atomic mass is 32.1. The second-order valence-electron chi connectivity index (χ2n) is 4.65. The van der Waals surface area contributed by atoms with Crippen molar-refractivity contribution in [1.82, 2.24) is 24.5 Å². The Labute approximate surface area is 115 Å². The number of thiazole rings is 1. The third-order valence-corrected chi connectivity index (χ3v) is 3.96. The average molecular weight is 275 g/mol. The van der Waals surface area contributed by atoms with E-state index >= 15 is 0 Å². The van der Waals surface area contributed by atoms with E-state index in [-0.39, 0.29) is 0 Å². The molecule has 100 valence electrons. The van der Waals surface area contributed by atoms with Crippen LogP contribution in [0.4, 0.5) is 0 Å². The molecule has 0 aliphatic carbocycles. The van der Waals surface area contributed by atoms with Gasteiger partial charge in [0.15, 0.2) is 4.96 Å². The minimum absolute atomic E-state index is 0.851. The normalized spacial score (nSPS) is 11.5. The quantitative estimate of drug-likeness (QED) is 0.722. The molecule has 3 aromatic heterocycles. The third kappa shape index (κ3) is 2.54. The SMILES string of the molecule is Cc1nc2sccn2c1CNCCc1cnn(C)c1. The Morgan fingerprint density at radius 1 is 1.42 bits per heavy atom. The van der Waals surface area contributed by atoms with Crippen molar-refractivity contribution in [3.05, 3.63) is 40.9 Å². The molecule has 0 saturated heterocycles. The summed E-state index contributed by atoms with van der Waals surface area (Å²) in [6.07, 6.45) is 7.06. The van der Waals surface area contributed by atoms with Crippen molar-refractivity contribution in [1.29, 1.82) is 0 Å². The van der Waals surface area contributed by atoms with Crippen LogP contribution < -0.4 is 5.32 Å². The topological polar surface area (TPSA) is 47.1 Å². The first-order chi connectivity index (χ1) is 9.24. The summed E-state index contributed by atoms with van der Waals surface area (Å²) in [6, 6.07) is 0. The lowest BCUT2D eigenvalue weighted by Crippen LogP contribution is -2.18. The Hall–Kier alpha value is -1.66. The standard InChI is InChI=1S/C13H17N5S/c1-10-12(18-5-6-19-13(18)16-10)8-14-4-3-11-7-15-17(2)9-11/h5-7,9,14H,3-4,8H2,1-2H3. The van der Waals surface area contributed by atoms with Gasteiger partial charge in [-0.15, -0.1) is 11.3 Å². The number of fused-ring (bicyclic) bond motifs is 1. The molecule has 0 unspecified atom stereocenters. The maximum absolute atomic E-state index is 4.54. The number of hydrogen-bond donors (Lipinski definition) is 1. The Balaban J connectivity index is 1.57. The molecule has 0 radical (unpaired) electrons. The Kier molecular flexibility index (Phi) is 3.35. The number of imidazole rings is 1. The van der Waals surface area contributed by atoms with Gasteiger partial charge in [-0.25, -0.2) is 4.98 Å². The minimum atomic E-state index is 0.851.